The van der Waals surface area contributed by atoms with Gasteiger partial charge in [0.2, 0.25) is 0 Å². The molecule has 22 heavy (non-hydrogen) atoms. The zero-order valence-corrected chi connectivity index (χ0v) is 15.5. The van der Waals surface area contributed by atoms with E-state index in [9.17, 15) is 4.79 Å². The van der Waals surface area contributed by atoms with Crippen LogP contribution in [0.1, 0.15) is 67.7 Å². The van der Waals surface area contributed by atoms with Gasteiger partial charge >= 0.3 is 6.09 Å². The van der Waals surface area contributed by atoms with Crippen LogP contribution in [0.15, 0.2) is 0 Å². The first-order valence-electron chi connectivity index (χ1n) is 8.79. The molecule has 1 atom stereocenters. The molecular weight excluding hydrogens is 276 g/mol. The molecule has 4 heteroatoms. The first-order valence-corrected chi connectivity index (χ1v) is 8.79. The number of alkyl carbamates (subject to hydrolysis) is 1. The van der Waals surface area contributed by atoms with Crippen molar-refractivity contribution >= 4 is 6.09 Å². The van der Waals surface area contributed by atoms with Crippen molar-refractivity contribution in [3.63, 3.8) is 0 Å². The minimum Gasteiger partial charge on any atom is -0.444 e. The van der Waals surface area contributed by atoms with E-state index in [1.54, 1.807) is 0 Å². The number of carbonyl (C=O) groups is 1. The molecule has 1 fully saturated rings. The van der Waals surface area contributed by atoms with Crippen LogP contribution in [-0.2, 0) is 4.74 Å². The Morgan fingerprint density at radius 2 is 1.77 bits per heavy atom. The van der Waals surface area contributed by atoms with E-state index in [1.165, 1.54) is 12.8 Å². The normalized spacial score (nSPS) is 23.3. The van der Waals surface area contributed by atoms with Crippen molar-refractivity contribution in [3.05, 3.63) is 0 Å². The summed E-state index contributed by atoms with van der Waals surface area (Å²) in [6.07, 6.45) is 3.27. The Morgan fingerprint density at radius 1 is 1.18 bits per heavy atom. The van der Waals surface area contributed by atoms with Crippen LogP contribution in [0, 0.1) is 17.8 Å². The van der Waals surface area contributed by atoms with Crippen molar-refractivity contribution in [2.24, 2.45) is 17.8 Å². The fourth-order valence-electron chi connectivity index (χ4n) is 2.98. The van der Waals surface area contributed by atoms with Gasteiger partial charge in [-0.15, -0.1) is 0 Å². The van der Waals surface area contributed by atoms with Gasteiger partial charge < -0.3 is 15.4 Å². The first-order chi connectivity index (χ1) is 10.1. The van der Waals surface area contributed by atoms with Gasteiger partial charge in [-0.25, -0.2) is 4.79 Å². The van der Waals surface area contributed by atoms with Gasteiger partial charge in [0.1, 0.15) is 5.60 Å². The lowest BCUT2D eigenvalue weighted by atomic mass is 9.73. The molecule has 1 amide bonds. The fourth-order valence-corrected chi connectivity index (χ4v) is 2.98. The fraction of sp³-hybridized carbons (Fsp3) is 0.944. The zero-order valence-electron chi connectivity index (χ0n) is 15.5. The lowest BCUT2D eigenvalue weighted by molar-refractivity contribution is 0.0516. The summed E-state index contributed by atoms with van der Waals surface area (Å²) in [5, 5.41) is 6.63. The Bertz CT molecular complexity index is 341. The van der Waals surface area contributed by atoms with Crippen LogP contribution in [0.2, 0.25) is 0 Å². The minimum absolute atomic E-state index is 0.322. The molecule has 1 aliphatic rings. The molecule has 0 saturated heterocycles. The maximum Gasteiger partial charge on any atom is 0.407 e. The Balaban J connectivity index is 2.37. The third-order valence-corrected chi connectivity index (χ3v) is 4.24. The van der Waals surface area contributed by atoms with E-state index in [0.29, 0.717) is 24.5 Å². The highest BCUT2D eigenvalue weighted by molar-refractivity contribution is 5.67. The molecule has 0 bridgehead atoms. The van der Waals surface area contributed by atoms with E-state index in [4.69, 9.17) is 4.74 Å². The third-order valence-electron chi connectivity index (χ3n) is 4.24. The summed E-state index contributed by atoms with van der Waals surface area (Å²) in [6, 6.07) is 0.933. The SMILES string of the molecule is CC(C)CC(CNC(=O)OC(C)(C)C)NC1CC(C(C)C)C1. The standard InChI is InChI=1S/C18H36N2O2/c1-12(2)8-16(11-19-17(21)22-18(5,6)7)20-15-9-14(10-15)13(3)4/h12-16,20H,8-11H2,1-7H3,(H,19,21). The highest BCUT2D eigenvalue weighted by Crippen LogP contribution is 2.34. The number of hydrogen-bond acceptors (Lipinski definition) is 3. The van der Waals surface area contributed by atoms with Crippen LogP contribution < -0.4 is 10.6 Å². The summed E-state index contributed by atoms with van der Waals surface area (Å²) in [7, 11) is 0. The average Bonchev–Trinajstić information content (AvgIpc) is 2.26. The second-order valence-corrected chi connectivity index (χ2v) is 8.55. The van der Waals surface area contributed by atoms with Crippen LogP contribution in [-0.4, -0.2) is 30.3 Å². The number of rotatable bonds is 7. The minimum atomic E-state index is -0.441. The van der Waals surface area contributed by atoms with Gasteiger partial charge in [0, 0.05) is 18.6 Å². The number of nitrogens with one attached hydrogen (secondary N) is 2. The summed E-state index contributed by atoms with van der Waals surface area (Å²) in [5.74, 6) is 2.25. The number of carbonyl (C=O) groups excluding carboxylic acids is 1. The van der Waals surface area contributed by atoms with Gasteiger partial charge in [-0.3, -0.25) is 0 Å². The average molecular weight is 312 g/mol. The summed E-state index contributed by atoms with van der Waals surface area (Å²) in [6.45, 7) is 15.3. The molecule has 1 unspecified atom stereocenters. The molecule has 0 heterocycles. The third kappa shape index (κ3) is 7.48. The molecule has 4 nitrogen and oxygen atoms in total. The largest absolute Gasteiger partial charge is 0.444 e. The Morgan fingerprint density at radius 3 is 2.23 bits per heavy atom. The predicted octanol–water partition coefficient (Wildman–Crippen LogP) is 3.95. The molecule has 0 aromatic heterocycles. The van der Waals surface area contributed by atoms with Crippen LogP contribution in [0.4, 0.5) is 4.79 Å². The van der Waals surface area contributed by atoms with E-state index < -0.39 is 5.60 Å². The van der Waals surface area contributed by atoms with Crippen LogP contribution in [0.25, 0.3) is 0 Å². The molecule has 1 saturated carbocycles. The molecule has 2 N–H and O–H groups in total. The lowest BCUT2D eigenvalue weighted by Gasteiger charge is -2.41. The van der Waals surface area contributed by atoms with Crippen LogP contribution in [0.5, 0.6) is 0 Å². The monoisotopic (exact) mass is 312 g/mol. The van der Waals surface area contributed by atoms with E-state index in [0.717, 1.165) is 18.3 Å². The Labute approximate surface area is 136 Å². The van der Waals surface area contributed by atoms with Crippen molar-refractivity contribution in [3.8, 4) is 0 Å². The molecule has 0 aliphatic heterocycles. The quantitative estimate of drug-likeness (QED) is 0.748. The maximum absolute atomic E-state index is 11.8. The number of ether oxygens (including phenoxy) is 1. The molecule has 1 rings (SSSR count). The van der Waals surface area contributed by atoms with Gasteiger partial charge in [0.15, 0.2) is 0 Å². The molecule has 0 radical (unpaired) electrons. The highest BCUT2D eigenvalue weighted by atomic mass is 16.6. The van der Waals surface area contributed by atoms with E-state index in [1.807, 2.05) is 20.8 Å². The van der Waals surface area contributed by atoms with Gasteiger partial charge in [-0.1, -0.05) is 27.7 Å². The topological polar surface area (TPSA) is 50.4 Å². The van der Waals surface area contributed by atoms with Gasteiger partial charge in [-0.05, 0) is 57.8 Å². The maximum atomic E-state index is 11.8. The van der Waals surface area contributed by atoms with E-state index in [-0.39, 0.29) is 6.09 Å². The molecule has 0 aromatic carbocycles. The second-order valence-electron chi connectivity index (χ2n) is 8.55. The first kappa shape index (κ1) is 19.3. The molecular formula is C18H36N2O2. The summed E-state index contributed by atoms with van der Waals surface area (Å²) in [5.41, 5.74) is -0.441. The lowest BCUT2D eigenvalue weighted by Crippen LogP contribution is -2.51. The van der Waals surface area contributed by atoms with Crippen molar-refractivity contribution < 1.29 is 9.53 Å². The Hall–Kier alpha value is -0.770. The van der Waals surface area contributed by atoms with E-state index >= 15 is 0 Å². The van der Waals surface area contributed by atoms with Gasteiger partial charge in [0.25, 0.3) is 0 Å². The van der Waals surface area contributed by atoms with Gasteiger partial charge in [0.05, 0.1) is 0 Å². The zero-order chi connectivity index (χ0) is 16.9. The predicted molar refractivity (Wildman–Crippen MR) is 92.0 cm³/mol. The van der Waals surface area contributed by atoms with E-state index in [2.05, 4.69) is 38.3 Å². The summed E-state index contributed by atoms with van der Waals surface area (Å²) < 4.78 is 5.31. The highest BCUT2D eigenvalue weighted by Gasteiger charge is 2.32. The summed E-state index contributed by atoms with van der Waals surface area (Å²) >= 11 is 0. The van der Waals surface area contributed by atoms with Crippen molar-refractivity contribution in [1.82, 2.24) is 10.6 Å². The van der Waals surface area contributed by atoms with Crippen LogP contribution >= 0.6 is 0 Å². The number of hydrogen-bond donors (Lipinski definition) is 2. The van der Waals surface area contributed by atoms with Gasteiger partial charge in [-0.2, -0.15) is 0 Å². The second kappa shape index (κ2) is 8.19. The molecule has 0 spiro atoms. The molecule has 0 aromatic rings. The Kier molecular flexibility index (Phi) is 7.17. The van der Waals surface area contributed by atoms with Crippen molar-refractivity contribution in [1.29, 1.82) is 0 Å². The molecule has 1 aliphatic carbocycles. The summed E-state index contributed by atoms with van der Waals surface area (Å²) in [4.78, 5) is 11.8. The van der Waals surface area contributed by atoms with Crippen molar-refractivity contribution in [2.75, 3.05) is 6.54 Å². The number of amides is 1. The molecule has 130 valence electrons. The van der Waals surface area contributed by atoms with Crippen LogP contribution in [0.3, 0.4) is 0 Å². The smallest absolute Gasteiger partial charge is 0.407 e. The van der Waals surface area contributed by atoms with Crippen molar-refractivity contribution in [2.45, 2.75) is 85.4 Å².